The second-order valence-corrected chi connectivity index (χ2v) is 6.62. The average Bonchev–Trinajstić information content (AvgIpc) is 2.77. The number of imidazole rings is 1. The van der Waals surface area contributed by atoms with Crippen LogP contribution in [0.2, 0.25) is 10.3 Å². The molecule has 0 spiro atoms. The van der Waals surface area contributed by atoms with Crippen LogP contribution in [0.1, 0.15) is 11.1 Å². The smallest absolute Gasteiger partial charge is 0.325 e. The van der Waals surface area contributed by atoms with Gasteiger partial charge >= 0.3 is 11.3 Å². The third-order valence-electron chi connectivity index (χ3n) is 3.19. The van der Waals surface area contributed by atoms with Crippen molar-refractivity contribution >= 4 is 45.5 Å². The van der Waals surface area contributed by atoms with Crippen molar-refractivity contribution in [1.29, 1.82) is 0 Å². The highest BCUT2D eigenvalue weighted by Crippen LogP contribution is 2.26. The molecule has 3 rings (SSSR count). The topological polar surface area (TPSA) is 44.1 Å². The van der Waals surface area contributed by atoms with Gasteiger partial charge < -0.3 is 4.18 Å². The third kappa shape index (κ3) is 2.84. The number of hydrogen-bond acceptors (Lipinski definition) is 3. The molecule has 0 saturated carbocycles. The summed E-state index contributed by atoms with van der Waals surface area (Å²) in [7, 11) is 0. The first kappa shape index (κ1) is 15.3. The molecule has 22 heavy (non-hydrogen) atoms. The summed E-state index contributed by atoms with van der Waals surface area (Å²) >= 11 is 10.2. The number of halogens is 2. The fourth-order valence-electron chi connectivity index (χ4n) is 2.06. The van der Waals surface area contributed by atoms with E-state index in [-0.39, 0.29) is 5.28 Å². The van der Waals surface area contributed by atoms with Crippen molar-refractivity contribution in [3.63, 3.8) is 0 Å². The first-order chi connectivity index (χ1) is 10.5. The van der Waals surface area contributed by atoms with Crippen molar-refractivity contribution in [2.45, 2.75) is 13.8 Å². The van der Waals surface area contributed by atoms with Gasteiger partial charge in [0.05, 0.1) is 11.0 Å². The molecule has 114 valence electrons. The van der Waals surface area contributed by atoms with Crippen molar-refractivity contribution < 1.29 is 8.39 Å². The van der Waals surface area contributed by atoms with Gasteiger partial charge in [-0.25, -0.2) is 4.98 Å². The number of nitrogens with zero attached hydrogens (tertiary/aromatic N) is 2. The monoisotopic (exact) mass is 354 g/mol. The third-order valence-corrected chi connectivity index (χ3v) is 4.77. The predicted octanol–water partition coefficient (Wildman–Crippen LogP) is 4.47. The summed E-state index contributed by atoms with van der Waals surface area (Å²) in [6.45, 7) is 3.83. The second kappa shape index (κ2) is 5.91. The molecule has 1 aromatic heterocycles. The minimum atomic E-state index is -1.84. The van der Waals surface area contributed by atoms with E-state index in [2.05, 4.69) is 4.98 Å². The Morgan fingerprint density at radius 3 is 2.68 bits per heavy atom. The molecule has 0 N–H and O–H groups in total. The van der Waals surface area contributed by atoms with Gasteiger partial charge in [-0.2, -0.15) is 8.18 Å². The highest BCUT2D eigenvalue weighted by Gasteiger charge is 2.17. The summed E-state index contributed by atoms with van der Waals surface area (Å²) < 4.78 is 19.4. The van der Waals surface area contributed by atoms with Gasteiger partial charge in [-0.05, 0) is 60.8 Å². The van der Waals surface area contributed by atoms with E-state index < -0.39 is 11.3 Å². The fraction of sp³-hybridized carbons (Fsp3) is 0.133. The molecule has 1 unspecified atom stereocenters. The zero-order valence-corrected chi connectivity index (χ0v) is 14.2. The number of hydrogen-bond donors (Lipinski definition) is 0. The quantitative estimate of drug-likeness (QED) is 0.697. The first-order valence-corrected chi connectivity index (χ1v) is 8.26. The zero-order valence-electron chi connectivity index (χ0n) is 11.8. The van der Waals surface area contributed by atoms with Crippen LogP contribution in [0.25, 0.3) is 11.0 Å². The molecule has 3 aromatic rings. The lowest BCUT2D eigenvalue weighted by Gasteiger charge is -2.09. The maximum Gasteiger partial charge on any atom is 0.325 e. The van der Waals surface area contributed by atoms with Crippen LogP contribution in [0, 0.1) is 13.8 Å². The maximum absolute atomic E-state index is 12.6. The minimum absolute atomic E-state index is 0.0842. The van der Waals surface area contributed by atoms with E-state index in [9.17, 15) is 4.21 Å². The average molecular weight is 355 g/mol. The molecule has 0 fully saturated rings. The summed E-state index contributed by atoms with van der Waals surface area (Å²) in [5.74, 6) is 0.546. The number of fused-ring (bicyclic) bond motifs is 1. The lowest BCUT2D eigenvalue weighted by atomic mass is 10.1. The standard InChI is InChI=1S/C15H12Cl2N2O2S/c1-9-3-4-10(2)14(7-9)21-22(20)19-13-6-5-11(16)8-12(13)18-15(19)17/h3-8H,1-2H3. The van der Waals surface area contributed by atoms with Gasteiger partial charge in [0, 0.05) is 5.02 Å². The van der Waals surface area contributed by atoms with Crippen LogP contribution in [0.4, 0.5) is 0 Å². The molecule has 0 aliphatic heterocycles. The van der Waals surface area contributed by atoms with E-state index >= 15 is 0 Å². The Morgan fingerprint density at radius 1 is 1.14 bits per heavy atom. The van der Waals surface area contributed by atoms with Gasteiger partial charge in [-0.1, -0.05) is 23.7 Å². The first-order valence-electron chi connectivity index (χ1n) is 6.47. The molecule has 0 aliphatic carbocycles. The summed E-state index contributed by atoms with van der Waals surface area (Å²) in [4.78, 5) is 4.15. The van der Waals surface area contributed by atoms with E-state index in [0.29, 0.717) is 21.8 Å². The van der Waals surface area contributed by atoms with Gasteiger partial charge in [0.15, 0.2) is 0 Å². The van der Waals surface area contributed by atoms with Crippen molar-refractivity contribution in [3.05, 3.63) is 57.8 Å². The molecule has 0 bridgehead atoms. The molecular weight excluding hydrogens is 343 g/mol. The summed E-state index contributed by atoms with van der Waals surface area (Å²) in [6.07, 6.45) is 0. The highest BCUT2D eigenvalue weighted by atomic mass is 35.5. The van der Waals surface area contributed by atoms with Gasteiger partial charge in [-0.3, -0.25) is 0 Å². The molecule has 1 heterocycles. The Bertz CT molecular complexity index is 893. The van der Waals surface area contributed by atoms with Crippen LogP contribution >= 0.6 is 23.2 Å². The van der Waals surface area contributed by atoms with Gasteiger partial charge in [0.25, 0.3) is 0 Å². The van der Waals surface area contributed by atoms with E-state index in [4.69, 9.17) is 27.4 Å². The van der Waals surface area contributed by atoms with Crippen LogP contribution in [-0.2, 0) is 11.3 Å². The van der Waals surface area contributed by atoms with Crippen molar-refractivity contribution in [2.24, 2.45) is 0 Å². The van der Waals surface area contributed by atoms with Crippen molar-refractivity contribution in [1.82, 2.24) is 8.96 Å². The van der Waals surface area contributed by atoms with Crippen LogP contribution in [0.15, 0.2) is 36.4 Å². The van der Waals surface area contributed by atoms with E-state index in [1.54, 1.807) is 18.2 Å². The molecular formula is C15H12Cl2N2O2S. The lowest BCUT2D eigenvalue weighted by molar-refractivity contribution is 0.551. The SMILES string of the molecule is Cc1ccc(C)c(OS(=O)n2c(Cl)nc3cc(Cl)ccc32)c1. The Kier molecular flexibility index (Phi) is 4.12. The predicted molar refractivity (Wildman–Crippen MR) is 89.8 cm³/mol. The number of rotatable bonds is 3. The highest BCUT2D eigenvalue weighted by molar-refractivity contribution is 7.79. The van der Waals surface area contributed by atoms with Gasteiger partial charge in [-0.15, -0.1) is 0 Å². The van der Waals surface area contributed by atoms with Crippen LogP contribution in [-0.4, -0.2) is 13.2 Å². The normalized spacial score (nSPS) is 12.5. The zero-order chi connectivity index (χ0) is 15.9. The van der Waals surface area contributed by atoms with Crippen LogP contribution in [0.5, 0.6) is 5.75 Å². The van der Waals surface area contributed by atoms with Crippen LogP contribution in [0.3, 0.4) is 0 Å². The van der Waals surface area contributed by atoms with Gasteiger partial charge in [0.1, 0.15) is 5.75 Å². The molecule has 1 atom stereocenters. The Labute approximate surface area is 140 Å². The second-order valence-electron chi connectivity index (χ2n) is 4.88. The molecule has 2 aromatic carbocycles. The maximum atomic E-state index is 12.6. The molecule has 0 saturated heterocycles. The van der Waals surface area contributed by atoms with E-state index in [1.165, 1.54) is 3.97 Å². The van der Waals surface area contributed by atoms with Crippen LogP contribution < -0.4 is 4.18 Å². The molecule has 0 amide bonds. The Hall–Kier alpha value is -1.56. The molecule has 7 heteroatoms. The number of aromatic nitrogens is 2. The fourth-order valence-corrected chi connectivity index (χ4v) is 3.46. The Morgan fingerprint density at radius 2 is 1.91 bits per heavy atom. The summed E-state index contributed by atoms with van der Waals surface area (Å²) in [6, 6.07) is 10.8. The Balaban J connectivity index is 2.02. The van der Waals surface area contributed by atoms with E-state index in [0.717, 1.165) is 11.1 Å². The van der Waals surface area contributed by atoms with Gasteiger partial charge in [0.2, 0.25) is 5.28 Å². The van der Waals surface area contributed by atoms with Crippen molar-refractivity contribution in [3.8, 4) is 5.75 Å². The number of benzene rings is 2. The minimum Gasteiger partial charge on any atom is -0.384 e. The largest absolute Gasteiger partial charge is 0.384 e. The van der Waals surface area contributed by atoms with E-state index in [1.807, 2.05) is 32.0 Å². The molecule has 0 aliphatic rings. The molecule has 0 radical (unpaired) electrons. The number of aryl methyl sites for hydroxylation is 2. The summed E-state index contributed by atoms with van der Waals surface area (Å²) in [5.41, 5.74) is 3.07. The lowest BCUT2D eigenvalue weighted by Crippen LogP contribution is -2.12. The summed E-state index contributed by atoms with van der Waals surface area (Å²) in [5, 5.41) is 0.621. The molecule has 4 nitrogen and oxygen atoms in total. The van der Waals surface area contributed by atoms with Crippen molar-refractivity contribution in [2.75, 3.05) is 0 Å².